The number of benzene rings is 2. The van der Waals surface area contributed by atoms with E-state index >= 15 is 0 Å². The number of imidazole rings is 1. The number of aryl methyl sites for hydroxylation is 1. The lowest BCUT2D eigenvalue weighted by Gasteiger charge is -2.16. The first kappa shape index (κ1) is 24.2. The van der Waals surface area contributed by atoms with Crippen LogP contribution in [0.4, 0.5) is 4.79 Å². The van der Waals surface area contributed by atoms with Crippen molar-refractivity contribution in [2.45, 2.75) is 39.3 Å². The van der Waals surface area contributed by atoms with Crippen molar-refractivity contribution in [3.8, 4) is 0 Å². The Labute approximate surface area is 207 Å². The van der Waals surface area contributed by atoms with Gasteiger partial charge in [-0.15, -0.1) is 0 Å². The van der Waals surface area contributed by atoms with Gasteiger partial charge in [-0.2, -0.15) is 0 Å². The molecule has 1 aromatic heterocycles. The highest BCUT2D eigenvalue weighted by Gasteiger charge is 2.33. The van der Waals surface area contributed by atoms with E-state index in [0.29, 0.717) is 17.3 Å². The number of halogens is 1. The number of nitrogens with zero attached hydrogens (tertiary/aromatic N) is 3. The van der Waals surface area contributed by atoms with Gasteiger partial charge in [0.2, 0.25) is 0 Å². The maximum atomic E-state index is 12.6. The molecular weight excluding hydrogens is 468 g/mol. The van der Waals surface area contributed by atoms with Gasteiger partial charge in [0.1, 0.15) is 11.5 Å². The number of carboxylic acids is 1. The number of aromatic carboxylic acids is 1. The van der Waals surface area contributed by atoms with Crippen LogP contribution in [0.15, 0.2) is 60.4 Å². The lowest BCUT2D eigenvalue weighted by molar-refractivity contribution is -0.116. The maximum absolute atomic E-state index is 12.6. The molecule has 9 heteroatoms. The van der Waals surface area contributed by atoms with Gasteiger partial charge in [-0.3, -0.25) is 15.0 Å². The minimum atomic E-state index is -0.981. The van der Waals surface area contributed by atoms with Crippen molar-refractivity contribution in [2.75, 3.05) is 0 Å². The van der Waals surface area contributed by atoms with Gasteiger partial charge in [-0.05, 0) is 47.9 Å². The summed E-state index contributed by atoms with van der Waals surface area (Å²) in [6.45, 7) is 2.77. The summed E-state index contributed by atoms with van der Waals surface area (Å²) in [7, 11) is 0. The minimum Gasteiger partial charge on any atom is -0.478 e. The molecule has 0 saturated carbocycles. The van der Waals surface area contributed by atoms with E-state index in [0.717, 1.165) is 36.2 Å². The van der Waals surface area contributed by atoms with Crippen LogP contribution in [-0.4, -0.2) is 37.5 Å². The van der Waals surface area contributed by atoms with Crippen LogP contribution in [0.1, 0.15) is 52.8 Å². The lowest BCUT2D eigenvalue weighted by atomic mass is 10.1. The second-order valence-corrected chi connectivity index (χ2v) is 8.73. The highest BCUT2D eigenvalue weighted by molar-refractivity contribution is 6.30. The van der Waals surface area contributed by atoms with Gasteiger partial charge >= 0.3 is 12.0 Å². The Balaban J connectivity index is 1.67. The van der Waals surface area contributed by atoms with Crippen LogP contribution in [-0.2, 0) is 24.3 Å². The lowest BCUT2D eigenvalue weighted by Crippen LogP contribution is -2.27. The van der Waals surface area contributed by atoms with Crippen molar-refractivity contribution < 1.29 is 19.5 Å². The zero-order valence-electron chi connectivity index (χ0n) is 19.2. The van der Waals surface area contributed by atoms with E-state index in [-0.39, 0.29) is 17.8 Å². The van der Waals surface area contributed by atoms with Crippen LogP contribution in [0.3, 0.4) is 0 Å². The van der Waals surface area contributed by atoms with E-state index in [1.54, 1.807) is 48.7 Å². The van der Waals surface area contributed by atoms with Crippen LogP contribution >= 0.6 is 11.6 Å². The standard InChI is InChI=1S/C26H25ClN4O4/c1-2-3-4-23-28-14-21(30(23)15-17-5-9-19(10-6-17)25(33)34)13-22-24(32)29-26(35)31(22)16-18-7-11-20(27)12-8-18/h5-14H,2-4,15-16H2,1H3,(H,33,34)(H,29,32,35). The second-order valence-electron chi connectivity index (χ2n) is 8.29. The molecule has 1 saturated heterocycles. The highest BCUT2D eigenvalue weighted by atomic mass is 35.5. The molecule has 4 rings (SSSR count). The Morgan fingerprint density at radius 1 is 1.06 bits per heavy atom. The molecule has 0 bridgehead atoms. The van der Waals surface area contributed by atoms with Crippen LogP contribution < -0.4 is 5.32 Å². The summed E-state index contributed by atoms with van der Waals surface area (Å²) in [6, 6.07) is 13.3. The fourth-order valence-corrected chi connectivity index (χ4v) is 4.00. The van der Waals surface area contributed by atoms with Gasteiger partial charge in [-0.25, -0.2) is 14.6 Å². The number of rotatable bonds is 9. The smallest absolute Gasteiger partial charge is 0.335 e. The molecule has 2 heterocycles. The number of carboxylic acid groups (broad SMARTS) is 1. The number of hydrogen-bond acceptors (Lipinski definition) is 4. The quantitative estimate of drug-likeness (QED) is 0.332. The third-order valence-electron chi connectivity index (χ3n) is 5.79. The Morgan fingerprint density at radius 2 is 1.71 bits per heavy atom. The first-order chi connectivity index (χ1) is 16.9. The van der Waals surface area contributed by atoms with Crippen LogP contribution in [0.2, 0.25) is 5.02 Å². The predicted molar refractivity (Wildman–Crippen MR) is 132 cm³/mol. The third-order valence-corrected chi connectivity index (χ3v) is 6.04. The normalized spacial score (nSPS) is 14.6. The highest BCUT2D eigenvalue weighted by Crippen LogP contribution is 2.23. The van der Waals surface area contributed by atoms with Gasteiger partial charge < -0.3 is 9.67 Å². The molecule has 0 radical (unpaired) electrons. The molecule has 8 nitrogen and oxygen atoms in total. The zero-order valence-corrected chi connectivity index (χ0v) is 20.0. The van der Waals surface area contributed by atoms with Crippen molar-refractivity contribution >= 4 is 35.6 Å². The van der Waals surface area contributed by atoms with Crippen LogP contribution in [0.5, 0.6) is 0 Å². The monoisotopic (exact) mass is 492 g/mol. The summed E-state index contributed by atoms with van der Waals surface area (Å²) >= 11 is 5.97. The van der Waals surface area contributed by atoms with Gasteiger partial charge in [0.15, 0.2) is 0 Å². The molecule has 180 valence electrons. The topological polar surface area (TPSA) is 105 Å². The summed E-state index contributed by atoms with van der Waals surface area (Å²) in [4.78, 5) is 42.3. The minimum absolute atomic E-state index is 0.215. The zero-order chi connectivity index (χ0) is 24.9. The summed E-state index contributed by atoms with van der Waals surface area (Å²) in [5.41, 5.74) is 2.86. The van der Waals surface area contributed by atoms with Gasteiger partial charge in [0.05, 0.1) is 24.0 Å². The van der Waals surface area contributed by atoms with Crippen molar-refractivity contribution in [1.29, 1.82) is 0 Å². The summed E-state index contributed by atoms with van der Waals surface area (Å²) in [5, 5.41) is 12.1. The molecule has 0 unspecified atom stereocenters. The molecule has 1 aliphatic heterocycles. The molecule has 3 aromatic rings. The fraction of sp³-hybridized carbons (Fsp3) is 0.231. The van der Waals surface area contributed by atoms with E-state index in [9.17, 15) is 14.4 Å². The summed E-state index contributed by atoms with van der Waals surface area (Å²) in [6.07, 6.45) is 6.08. The van der Waals surface area contributed by atoms with Crippen LogP contribution in [0, 0.1) is 0 Å². The number of nitrogens with one attached hydrogen (secondary N) is 1. The van der Waals surface area contributed by atoms with E-state index in [1.165, 1.54) is 4.90 Å². The number of carbonyl (C=O) groups excluding carboxylic acids is 2. The molecule has 2 aromatic carbocycles. The first-order valence-electron chi connectivity index (χ1n) is 11.3. The molecule has 35 heavy (non-hydrogen) atoms. The maximum Gasteiger partial charge on any atom is 0.335 e. The van der Waals surface area contributed by atoms with E-state index in [4.69, 9.17) is 16.7 Å². The van der Waals surface area contributed by atoms with E-state index in [2.05, 4.69) is 17.2 Å². The van der Waals surface area contributed by atoms with Crippen molar-refractivity contribution in [2.24, 2.45) is 0 Å². The number of amides is 3. The number of carbonyl (C=O) groups is 3. The SMILES string of the molecule is CCCCc1ncc(C=C2C(=O)NC(=O)N2Cc2ccc(Cl)cc2)n1Cc1ccc(C(=O)O)cc1. The molecule has 0 atom stereocenters. The molecule has 2 N–H and O–H groups in total. The number of imide groups is 1. The van der Waals surface area contributed by atoms with E-state index < -0.39 is 17.9 Å². The molecule has 0 aliphatic carbocycles. The molecular formula is C26H25ClN4O4. The Morgan fingerprint density at radius 3 is 2.37 bits per heavy atom. The van der Waals surface area contributed by atoms with Gasteiger partial charge in [0.25, 0.3) is 5.91 Å². The fourth-order valence-electron chi connectivity index (χ4n) is 3.87. The molecule has 1 aliphatic rings. The first-order valence-corrected chi connectivity index (χ1v) is 11.7. The predicted octanol–water partition coefficient (Wildman–Crippen LogP) is 4.72. The molecule has 1 fully saturated rings. The Bertz CT molecular complexity index is 1280. The summed E-state index contributed by atoms with van der Waals surface area (Å²) < 4.78 is 2.00. The number of hydrogen-bond donors (Lipinski definition) is 2. The van der Waals surface area contributed by atoms with Gasteiger partial charge in [-0.1, -0.05) is 49.2 Å². The second kappa shape index (κ2) is 10.6. The Hall–Kier alpha value is -3.91. The number of unbranched alkanes of at least 4 members (excludes halogenated alkanes) is 1. The Kier molecular flexibility index (Phi) is 7.31. The molecule has 0 spiro atoms. The largest absolute Gasteiger partial charge is 0.478 e. The van der Waals surface area contributed by atoms with Crippen molar-refractivity contribution in [3.63, 3.8) is 0 Å². The van der Waals surface area contributed by atoms with Crippen molar-refractivity contribution in [1.82, 2.24) is 19.8 Å². The third kappa shape index (κ3) is 5.60. The van der Waals surface area contributed by atoms with Gasteiger partial charge in [0, 0.05) is 18.0 Å². The number of aromatic nitrogens is 2. The average molecular weight is 493 g/mol. The van der Waals surface area contributed by atoms with Crippen LogP contribution in [0.25, 0.3) is 6.08 Å². The molecule has 3 amide bonds. The number of urea groups is 1. The van der Waals surface area contributed by atoms with E-state index in [1.807, 2.05) is 16.7 Å². The average Bonchev–Trinajstić information content (AvgIpc) is 3.34. The van der Waals surface area contributed by atoms with Crippen molar-refractivity contribution in [3.05, 3.63) is 93.7 Å². The summed E-state index contributed by atoms with van der Waals surface area (Å²) in [5.74, 6) is -0.599.